The van der Waals surface area contributed by atoms with Crippen LogP contribution in [0, 0.1) is 29.6 Å². The molecule has 2 unspecified atom stereocenters. The monoisotopic (exact) mass is 1190 g/mol. The molecular weight excluding hydrogens is 1110 g/mol. The van der Waals surface area contributed by atoms with Crippen molar-refractivity contribution in [1.29, 1.82) is 0 Å². The minimum atomic E-state index is -2.43. The van der Waals surface area contributed by atoms with E-state index in [1.807, 2.05) is 0 Å². The Morgan fingerprint density at radius 1 is 0.902 bits per heavy atom. The summed E-state index contributed by atoms with van der Waals surface area (Å²) in [6.07, 6.45) is -4.76. The maximum Gasteiger partial charge on any atom is 0.246 e. The number of aromatic amines is 1. The topological polar surface area (TPSA) is 400 Å². The summed E-state index contributed by atoms with van der Waals surface area (Å²) in [5.74, 6) is -13.6. The zero-order valence-electron chi connectivity index (χ0n) is 46.6. The number of hydrogen-bond acceptors (Lipinski definition) is 18. The van der Waals surface area contributed by atoms with E-state index in [1.54, 1.807) is 32.9 Å². The maximum absolute atomic E-state index is 15.3. The number of nitrogens with zero attached hydrogens (tertiary/aromatic N) is 2. The zero-order chi connectivity index (χ0) is 60.3. The van der Waals surface area contributed by atoms with Crippen molar-refractivity contribution < 1.29 is 81.8 Å². The Morgan fingerprint density at radius 2 is 1.62 bits per heavy atom. The molecule has 12 atom stereocenters. The van der Waals surface area contributed by atoms with Gasteiger partial charge in [0.15, 0.2) is 11.6 Å². The smallest absolute Gasteiger partial charge is 0.246 e. The second kappa shape index (κ2) is 29.1. The summed E-state index contributed by atoms with van der Waals surface area (Å²) < 4.78 is 21.1. The number of imide groups is 1. The quantitative estimate of drug-likeness (QED) is 0.0601. The van der Waals surface area contributed by atoms with Gasteiger partial charge < -0.3 is 62.3 Å². The summed E-state index contributed by atoms with van der Waals surface area (Å²) in [5, 5.41) is 44.7. The van der Waals surface area contributed by atoms with Crippen LogP contribution in [0.5, 0.6) is 5.75 Å². The first-order valence-corrected chi connectivity index (χ1v) is 29.9. The Hall–Kier alpha value is -6.62. The molecule has 2 aromatic rings. The van der Waals surface area contributed by atoms with Gasteiger partial charge in [-0.3, -0.25) is 66.6 Å². The van der Waals surface area contributed by atoms with Gasteiger partial charge in [0.05, 0.1) is 73.5 Å². The summed E-state index contributed by atoms with van der Waals surface area (Å²) in [6, 6.07) is -3.75. The molecule has 5 heterocycles. The lowest BCUT2D eigenvalue weighted by Crippen LogP contribution is -2.60. The zero-order valence-corrected chi connectivity index (χ0v) is 48.2. The van der Waals surface area contributed by atoms with Crippen LogP contribution in [0.1, 0.15) is 96.6 Å². The van der Waals surface area contributed by atoms with E-state index < -0.39 is 194 Å². The second-order valence-corrected chi connectivity index (χ2v) is 24.2. The number of aromatic nitrogens is 1. The van der Waals surface area contributed by atoms with Crippen LogP contribution in [0.25, 0.3) is 10.9 Å². The number of likely N-dealkylation sites (tertiary alicyclic amines) is 1. The molecule has 2 saturated heterocycles. The van der Waals surface area contributed by atoms with E-state index in [9.17, 15) is 72.9 Å². The van der Waals surface area contributed by atoms with Gasteiger partial charge >= 0.3 is 0 Å². The highest BCUT2D eigenvalue weighted by atomic mass is 32.2. The average molecular weight is 1190 g/mol. The van der Waals surface area contributed by atoms with Gasteiger partial charge in [0.2, 0.25) is 53.2 Å². The van der Waals surface area contributed by atoms with E-state index in [-0.39, 0.29) is 59.7 Å². The number of methoxy groups -OCH3 is 1. The number of nitrogens with one attached hydrogen (secondary N) is 6. The van der Waals surface area contributed by atoms with Gasteiger partial charge in [0.1, 0.15) is 34.7 Å². The molecule has 0 spiro atoms. The lowest BCUT2D eigenvalue weighted by atomic mass is 9.85. The fourth-order valence-corrected chi connectivity index (χ4v) is 13.1. The Labute approximate surface area is 480 Å². The van der Waals surface area contributed by atoms with Gasteiger partial charge in [-0.05, 0) is 42.2 Å². The number of amides is 9. The molecule has 9 amide bonds. The van der Waals surface area contributed by atoms with E-state index in [0.717, 1.165) is 9.80 Å². The van der Waals surface area contributed by atoms with Crippen LogP contribution in [0.2, 0.25) is 0 Å². The number of ether oxygens (including phenoxy) is 1. The molecule has 4 aliphatic rings. The number of aliphatic hydroxyl groups excluding tert-OH is 3. The molecule has 1 aromatic carbocycles. The first kappa shape index (κ1) is 64.5. The fourth-order valence-electron chi connectivity index (χ4n) is 10.7. The number of primary amides is 1. The van der Waals surface area contributed by atoms with Gasteiger partial charge in [-0.1, -0.05) is 34.1 Å². The Balaban J connectivity index is 1.48. The van der Waals surface area contributed by atoms with Gasteiger partial charge in [0.25, 0.3) is 0 Å². The van der Waals surface area contributed by atoms with Crippen LogP contribution in [0.3, 0.4) is 0 Å². The number of thioether (sulfide) groups is 1. The van der Waals surface area contributed by atoms with Crippen molar-refractivity contribution in [2.45, 2.75) is 139 Å². The number of fused-ring (bicyclic) bond motifs is 5. The maximum atomic E-state index is 15.3. The third-order valence-corrected chi connectivity index (χ3v) is 18.2. The van der Waals surface area contributed by atoms with Crippen molar-refractivity contribution in [3.63, 3.8) is 0 Å². The SMILES string of the molecule is CC[C@H](C)[C@@H]1CC(=O)CNC(=O)[C@H]2CC(=O)[C@H]([C@@H](C)[C@@H](O)CO)NC(=O)[C@@H]3C[C@@H](O)CN3C(=O)[C@H](CC(N)=O)NC(=O)[C@H](CS(=O)c3[nH]c4c(CSCCCC(=O)CCN5C(=O)CC(C)C5=O)c(OC)ccc4c3C2)NC(=O)CNC1=O. The molecule has 82 heavy (non-hydrogen) atoms. The molecule has 6 rings (SSSR count). The highest BCUT2D eigenvalue weighted by molar-refractivity contribution is 7.98. The molecule has 26 nitrogen and oxygen atoms in total. The third-order valence-electron chi connectivity index (χ3n) is 15.7. The normalized spacial score (nSPS) is 27.0. The van der Waals surface area contributed by atoms with E-state index in [1.165, 1.54) is 25.8 Å². The average Bonchev–Trinajstić information content (AvgIpc) is 4.11. The third kappa shape index (κ3) is 15.9. The molecule has 2 fully saturated rings. The molecule has 2 bridgehead atoms. The Morgan fingerprint density at radius 3 is 2.28 bits per heavy atom. The highest BCUT2D eigenvalue weighted by Gasteiger charge is 2.45. The predicted octanol–water partition coefficient (Wildman–Crippen LogP) is -2.07. The number of nitrogens with two attached hydrogens (primary N) is 1. The van der Waals surface area contributed by atoms with Crippen molar-refractivity contribution in [3.05, 3.63) is 23.3 Å². The molecule has 1 aromatic heterocycles. The number of aliphatic hydroxyl groups is 3. The van der Waals surface area contributed by atoms with Crippen molar-refractivity contribution in [1.82, 2.24) is 41.4 Å². The van der Waals surface area contributed by atoms with Crippen molar-refractivity contribution >= 4 is 104 Å². The number of hydrogen-bond donors (Lipinski definition) is 10. The number of H-pyrrole nitrogens is 1. The van der Waals surface area contributed by atoms with Crippen LogP contribution in [0.15, 0.2) is 17.2 Å². The molecule has 450 valence electrons. The lowest BCUT2D eigenvalue weighted by Gasteiger charge is -2.32. The summed E-state index contributed by atoms with van der Waals surface area (Å²) >= 11 is 1.40. The van der Waals surface area contributed by atoms with E-state index in [2.05, 4.69) is 31.6 Å². The van der Waals surface area contributed by atoms with Crippen LogP contribution >= 0.6 is 11.8 Å². The number of Topliss-reactive ketones (excluding diaryl/α,β-unsaturated/α-hetero) is 3. The second-order valence-electron chi connectivity index (χ2n) is 21.6. The summed E-state index contributed by atoms with van der Waals surface area (Å²) in [5.41, 5.74) is 6.59. The molecule has 28 heteroatoms. The molecule has 0 aliphatic carbocycles. The minimum Gasteiger partial charge on any atom is -0.496 e. The molecule has 11 N–H and O–H groups in total. The predicted molar refractivity (Wildman–Crippen MR) is 295 cm³/mol. The van der Waals surface area contributed by atoms with Crippen LogP contribution in [0.4, 0.5) is 0 Å². The molecule has 0 saturated carbocycles. The largest absolute Gasteiger partial charge is 0.496 e. The molecule has 0 radical (unpaired) electrons. The number of benzene rings is 1. The number of carbonyl (C=O) groups excluding carboxylic acids is 12. The molecule has 4 aliphatic heterocycles. The van der Waals surface area contributed by atoms with Crippen molar-refractivity contribution in [2.24, 2.45) is 35.3 Å². The minimum absolute atomic E-state index is 0.000812. The standard InChI is InChI=1S/C54H75N9O17S2/c1-6-26(2)34-17-31(66)20-56-48(73)29-15-35-33-9-10-42(80-5)36(24-81-13-7-8-30(65)11-12-62-45(72)14-27(3)53(62)77)47(33)61-52(35)82(79)25-38(58-44(71)21-57-49(34)74)50(75)59-37(19-43(55)70)54(78)63-22-32(67)18-39(63)51(76)60-46(40(68)16-29)28(4)41(69)23-64/h9-10,26-29,32,34,37-39,41,46,61,64,67,69H,6-8,11-25H2,1-5H3,(H2,55,70)(H,56,73)(H,57,74)(H,58,71)(H,59,75)(H,60,76)/t26-,27?,28-,29+,32+,34-,37-,38-,39-,41-,46-,82?/m0/s1. The lowest BCUT2D eigenvalue weighted by molar-refractivity contribution is -0.144. The van der Waals surface area contributed by atoms with E-state index in [0.29, 0.717) is 40.8 Å². The van der Waals surface area contributed by atoms with Crippen LogP contribution in [-0.4, -0.2) is 193 Å². The van der Waals surface area contributed by atoms with E-state index in [4.69, 9.17) is 10.5 Å². The van der Waals surface area contributed by atoms with Crippen molar-refractivity contribution in [3.8, 4) is 5.75 Å². The Kier molecular flexibility index (Phi) is 22.9. The Bertz CT molecular complexity index is 2850. The first-order chi connectivity index (χ1) is 38.9. The molecular formula is C54H75N9O17S2. The van der Waals surface area contributed by atoms with Gasteiger partial charge in [-0.25, -0.2) is 0 Å². The summed E-state index contributed by atoms with van der Waals surface area (Å²) in [7, 11) is -1.01. The van der Waals surface area contributed by atoms with E-state index >= 15 is 4.21 Å². The highest BCUT2D eigenvalue weighted by Crippen LogP contribution is 2.37. The van der Waals surface area contributed by atoms with Crippen molar-refractivity contribution in [2.75, 3.05) is 51.4 Å². The van der Waals surface area contributed by atoms with Gasteiger partial charge in [-0.2, -0.15) is 11.8 Å². The first-order valence-electron chi connectivity index (χ1n) is 27.5. The fraction of sp³-hybridized carbons (Fsp3) is 0.630. The van der Waals surface area contributed by atoms with Crippen LogP contribution < -0.4 is 37.1 Å². The summed E-state index contributed by atoms with van der Waals surface area (Å²) in [4.78, 5) is 170. The van der Waals surface area contributed by atoms with Gasteiger partial charge in [-0.15, -0.1) is 0 Å². The summed E-state index contributed by atoms with van der Waals surface area (Å²) in [6.45, 7) is 3.71. The van der Waals surface area contributed by atoms with Crippen LogP contribution in [-0.2, 0) is 80.5 Å². The number of carbonyl (C=O) groups is 12. The van der Waals surface area contributed by atoms with Gasteiger partial charge in [0, 0.05) is 92.0 Å². The number of ketones is 3. The number of rotatable bonds is 17.